The molecule has 0 saturated carbocycles. The normalized spacial score (nSPS) is 11.3. The van der Waals surface area contributed by atoms with Crippen molar-refractivity contribution in [2.75, 3.05) is 18.4 Å². The van der Waals surface area contributed by atoms with Gasteiger partial charge in [-0.3, -0.25) is 4.90 Å². The van der Waals surface area contributed by atoms with E-state index in [4.69, 9.17) is 16.3 Å². The Bertz CT molecular complexity index is 1600. The Kier molecular flexibility index (Phi) is 8.10. The number of nitrogens with one attached hydrogen (secondary N) is 2. The second kappa shape index (κ2) is 11.8. The molecule has 0 saturated heterocycles. The van der Waals surface area contributed by atoms with Crippen molar-refractivity contribution in [3.63, 3.8) is 0 Å². The van der Waals surface area contributed by atoms with Crippen LogP contribution >= 0.6 is 11.6 Å². The molecule has 0 aliphatic heterocycles. The predicted molar refractivity (Wildman–Crippen MR) is 156 cm³/mol. The molecule has 5 aromatic rings. The Morgan fingerprint density at radius 3 is 2.56 bits per heavy atom. The Balaban J connectivity index is 1.38. The van der Waals surface area contributed by atoms with Crippen molar-refractivity contribution in [3.05, 3.63) is 100 Å². The van der Waals surface area contributed by atoms with Crippen molar-refractivity contribution >= 4 is 34.0 Å². The molecule has 8 heteroatoms. The number of fused-ring (bicyclic) bond motifs is 1. The molecule has 3 aromatic carbocycles. The van der Waals surface area contributed by atoms with Gasteiger partial charge in [0, 0.05) is 23.3 Å². The van der Waals surface area contributed by atoms with Gasteiger partial charge in [-0.15, -0.1) is 5.10 Å². The van der Waals surface area contributed by atoms with E-state index in [0.717, 1.165) is 58.6 Å². The number of aromatic nitrogens is 3. The van der Waals surface area contributed by atoms with Gasteiger partial charge in [0.1, 0.15) is 18.2 Å². The van der Waals surface area contributed by atoms with Crippen LogP contribution in [0.3, 0.4) is 0 Å². The average Bonchev–Trinajstić information content (AvgIpc) is 3.28. The summed E-state index contributed by atoms with van der Waals surface area (Å²) in [6, 6.07) is 20.4. The molecule has 200 valence electrons. The lowest BCUT2D eigenvalue weighted by Crippen LogP contribution is -2.22. The van der Waals surface area contributed by atoms with Crippen molar-refractivity contribution in [2.45, 2.75) is 33.9 Å². The van der Waals surface area contributed by atoms with E-state index in [1.807, 2.05) is 6.07 Å². The molecule has 0 radical (unpaired) electrons. The summed E-state index contributed by atoms with van der Waals surface area (Å²) in [7, 11) is 0. The number of aryl methyl sites for hydroxylation is 1. The molecule has 5 rings (SSSR count). The van der Waals surface area contributed by atoms with Crippen molar-refractivity contribution in [3.8, 4) is 17.0 Å². The molecule has 2 N–H and O–H groups in total. The predicted octanol–water partition coefficient (Wildman–Crippen LogP) is 7.89. The van der Waals surface area contributed by atoms with Crippen molar-refractivity contribution in [2.24, 2.45) is 0 Å². The first kappa shape index (κ1) is 26.7. The maximum absolute atomic E-state index is 13.5. The van der Waals surface area contributed by atoms with E-state index < -0.39 is 0 Å². The second-order valence-electron chi connectivity index (χ2n) is 9.46. The number of halogens is 2. The van der Waals surface area contributed by atoms with Gasteiger partial charge in [-0.05, 0) is 78.7 Å². The van der Waals surface area contributed by atoms with Crippen molar-refractivity contribution in [1.29, 1.82) is 0 Å². The lowest BCUT2D eigenvalue weighted by Gasteiger charge is -2.18. The summed E-state index contributed by atoms with van der Waals surface area (Å²) >= 11 is 6.51. The van der Waals surface area contributed by atoms with Crippen molar-refractivity contribution < 1.29 is 9.13 Å². The Labute approximate surface area is 232 Å². The highest BCUT2D eigenvalue weighted by Gasteiger charge is 2.16. The first-order chi connectivity index (χ1) is 18.9. The van der Waals surface area contributed by atoms with Crippen LogP contribution in [0.5, 0.6) is 5.75 Å². The molecule has 0 bridgehead atoms. The van der Waals surface area contributed by atoms with E-state index in [2.05, 4.69) is 70.4 Å². The van der Waals surface area contributed by atoms with Gasteiger partial charge in [-0.2, -0.15) is 5.10 Å². The van der Waals surface area contributed by atoms with E-state index >= 15 is 0 Å². The number of rotatable bonds is 10. The summed E-state index contributed by atoms with van der Waals surface area (Å²) in [4.78, 5) is 5.94. The van der Waals surface area contributed by atoms with Crippen LogP contribution in [0.1, 0.15) is 30.5 Å². The van der Waals surface area contributed by atoms with Crippen molar-refractivity contribution in [1.82, 2.24) is 20.1 Å². The number of anilines is 2. The number of H-pyrrole nitrogens is 1. The second-order valence-corrected chi connectivity index (χ2v) is 9.86. The highest BCUT2D eigenvalue weighted by atomic mass is 35.5. The highest BCUT2D eigenvalue weighted by molar-refractivity contribution is 6.32. The third kappa shape index (κ3) is 6.05. The van der Waals surface area contributed by atoms with Crippen LogP contribution in [0.25, 0.3) is 22.2 Å². The topological polar surface area (TPSA) is 66.1 Å². The Hall–Kier alpha value is -3.94. The number of ether oxygens (including phenoxy) is 1. The minimum absolute atomic E-state index is 0.219. The van der Waals surface area contributed by atoms with Gasteiger partial charge < -0.3 is 15.0 Å². The fourth-order valence-corrected chi connectivity index (χ4v) is 4.98. The lowest BCUT2D eigenvalue weighted by atomic mass is 10.0. The third-order valence-electron chi connectivity index (χ3n) is 6.85. The number of benzene rings is 3. The van der Waals surface area contributed by atoms with Crippen LogP contribution in [0, 0.1) is 12.7 Å². The molecule has 0 aliphatic carbocycles. The van der Waals surface area contributed by atoms with Gasteiger partial charge in [0.05, 0.1) is 16.7 Å². The summed E-state index contributed by atoms with van der Waals surface area (Å²) < 4.78 is 19.3. The summed E-state index contributed by atoms with van der Waals surface area (Å²) in [5.41, 5.74) is 6.92. The van der Waals surface area contributed by atoms with Gasteiger partial charge in [-0.1, -0.05) is 55.8 Å². The van der Waals surface area contributed by atoms with Gasteiger partial charge in [0.25, 0.3) is 0 Å². The molecule has 0 unspecified atom stereocenters. The minimum atomic E-state index is -0.299. The minimum Gasteiger partial charge on any atom is -0.487 e. The van der Waals surface area contributed by atoms with Gasteiger partial charge >= 0.3 is 0 Å². The van der Waals surface area contributed by atoms with Gasteiger partial charge in [0.2, 0.25) is 0 Å². The SMILES string of the molecule is CCN(CC)Cc1cccc(-c2[nH]c3cnnc(Nc4ccc(OCc5cccc(F)c5)c(Cl)c4)c3c2C)c1. The molecule has 6 nitrogen and oxygen atoms in total. The van der Waals surface area contributed by atoms with E-state index in [9.17, 15) is 4.39 Å². The number of nitrogens with zero attached hydrogens (tertiary/aromatic N) is 3. The monoisotopic (exact) mass is 543 g/mol. The number of hydrogen-bond acceptors (Lipinski definition) is 5. The average molecular weight is 544 g/mol. The van der Waals surface area contributed by atoms with Crippen LogP contribution in [0.15, 0.2) is 72.9 Å². The zero-order chi connectivity index (χ0) is 27.4. The third-order valence-corrected chi connectivity index (χ3v) is 7.15. The number of aromatic amines is 1. The lowest BCUT2D eigenvalue weighted by molar-refractivity contribution is 0.296. The molecule has 0 fully saturated rings. The number of hydrogen-bond donors (Lipinski definition) is 2. The van der Waals surface area contributed by atoms with E-state index in [-0.39, 0.29) is 12.4 Å². The molecular weight excluding hydrogens is 513 g/mol. The zero-order valence-electron chi connectivity index (χ0n) is 22.3. The fraction of sp³-hybridized carbons (Fsp3) is 0.226. The maximum atomic E-state index is 13.5. The van der Waals surface area contributed by atoms with E-state index in [0.29, 0.717) is 16.6 Å². The van der Waals surface area contributed by atoms with E-state index in [1.54, 1.807) is 30.5 Å². The zero-order valence-corrected chi connectivity index (χ0v) is 23.0. The molecule has 0 aliphatic rings. The summed E-state index contributed by atoms with van der Waals surface area (Å²) in [6.45, 7) is 9.63. The van der Waals surface area contributed by atoms with Crippen LogP contribution in [-0.2, 0) is 13.2 Å². The largest absolute Gasteiger partial charge is 0.487 e. The van der Waals surface area contributed by atoms with Gasteiger partial charge in [0.15, 0.2) is 5.82 Å². The van der Waals surface area contributed by atoms with E-state index in [1.165, 1.54) is 17.7 Å². The van der Waals surface area contributed by atoms with Crippen LogP contribution < -0.4 is 10.1 Å². The van der Waals surface area contributed by atoms with Crippen LogP contribution in [0.2, 0.25) is 5.02 Å². The van der Waals surface area contributed by atoms with Gasteiger partial charge in [-0.25, -0.2) is 4.39 Å². The van der Waals surface area contributed by atoms with Crippen LogP contribution in [0.4, 0.5) is 15.9 Å². The molecular formula is C31H31ClFN5O. The smallest absolute Gasteiger partial charge is 0.162 e. The first-order valence-electron chi connectivity index (χ1n) is 13.0. The molecule has 2 aromatic heterocycles. The fourth-order valence-electron chi connectivity index (χ4n) is 4.74. The standard InChI is InChI=1S/C31H31ClFN5O/c1-4-38(5-2)18-21-8-6-10-23(14-21)30-20(3)29-27(36-30)17-34-37-31(29)35-25-12-13-28(26(32)16-25)39-19-22-9-7-11-24(33)15-22/h6-17,36H,4-5,18-19H2,1-3H3,(H,35,37). The summed E-state index contributed by atoms with van der Waals surface area (Å²) in [5.74, 6) is 0.851. The maximum Gasteiger partial charge on any atom is 0.162 e. The molecule has 39 heavy (non-hydrogen) atoms. The molecule has 0 atom stereocenters. The first-order valence-corrected chi connectivity index (χ1v) is 13.4. The molecule has 0 spiro atoms. The quantitative estimate of drug-likeness (QED) is 0.187. The Morgan fingerprint density at radius 1 is 1.00 bits per heavy atom. The van der Waals surface area contributed by atoms with Crippen LogP contribution in [-0.4, -0.2) is 33.2 Å². The molecule has 2 heterocycles. The Morgan fingerprint density at radius 2 is 1.79 bits per heavy atom. The highest BCUT2D eigenvalue weighted by Crippen LogP contribution is 2.35. The summed E-state index contributed by atoms with van der Waals surface area (Å²) in [6.07, 6.45) is 1.74. The summed E-state index contributed by atoms with van der Waals surface area (Å²) in [5, 5.41) is 13.4. The molecule has 0 amide bonds.